The molecule has 1 amide bonds. The van der Waals surface area contributed by atoms with Crippen molar-refractivity contribution in [2.75, 3.05) is 14.2 Å². The van der Waals surface area contributed by atoms with E-state index < -0.39 is 0 Å². The summed E-state index contributed by atoms with van der Waals surface area (Å²) in [6.07, 6.45) is 0.188. The second kappa shape index (κ2) is 8.98. The molecule has 0 fully saturated rings. The third kappa shape index (κ3) is 4.30. The lowest BCUT2D eigenvalue weighted by Crippen LogP contribution is -2.31. The maximum atomic E-state index is 12.7. The molecule has 1 aromatic heterocycles. The number of aromatic nitrogens is 2. The molecule has 3 aromatic rings. The zero-order valence-electron chi connectivity index (χ0n) is 17.9. The number of nitrogens with zero attached hydrogens (tertiary/aromatic N) is 2. The fourth-order valence-electron chi connectivity index (χ4n) is 3.49. The van der Waals surface area contributed by atoms with E-state index in [1.807, 2.05) is 48.7 Å². The van der Waals surface area contributed by atoms with E-state index in [-0.39, 0.29) is 30.2 Å². The van der Waals surface area contributed by atoms with Gasteiger partial charge in [-0.3, -0.25) is 9.59 Å². The van der Waals surface area contributed by atoms with Crippen LogP contribution in [0, 0.1) is 0 Å². The van der Waals surface area contributed by atoms with E-state index in [2.05, 4.69) is 10.3 Å². The van der Waals surface area contributed by atoms with E-state index in [0.29, 0.717) is 17.3 Å². The van der Waals surface area contributed by atoms with Gasteiger partial charge in [-0.25, -0.2) is 4.98 Å². The van der Waals surface area contributed by atoms with Crippen molar-refractivity contribution in [2.45, 2.75) is 39.3 Å². The molecule has 2 atom stereocenters. The van der Waals surface area contributed by atoms with Gasteiger partial charge in [0.25, 0.3) is 0 Å². The number of hydrogen-bond acceptors (Lipinski definition) is 5. The molecule has 2 aromatic carbocycles. The van der Waals surface area contributed by atoms with Crippen LogP contribution in [0.5, 0.6) is 11.5 Å². The molecule has 7 nitrogen and oxygen atoms in total. The van der Waals surface area contributed by atoms with Crippen LogP contribution < -0.4 is 14.8 Å². The van der Waals surface area contributed by atoms with Crippen molar-refractivity contribution in [1.82, 2.24) is 14.9 Å². The normalized spacial score (nSPS) is 13.0. The van der Waals surface area contributed by atoms with Crippen molar-refractivity contribution < 1.29 is 19.1 Å². The monoisotopic (exact) mass is 409 g/mol. The van der Waals surface area contributed by atoms with Crippen LogP contribution in [0.2, 0.25) is 0 Å². The lowest BCUT2D eigenvalue weighted by molar-refractivity contribution is -0.121. The number of amides is 1. The summed E-state index contributed by atoms with van der Waals surface area (Å²) in [5.74, 6) is 1.72. The topological polar surface area (TPSA) is 82.5 Å². The number of fused-ring (bicyclic) bond motifs is 1. The van der Waals surface area contributed by atoms with Gasteiger partial charge >= 0.3 is 0 Å². The number of ether oxygens (including phenoxy) is 2. The zero-order valence-corrected chi connectivity index (χ0v) is 17.9. The molecule has 0 saturated heterocycles. The Hall–Kier alpha value is -3.35. The predicted octanol–water partition coefficient (Wildman–Crippen LogP) is 3.62. The summed E-state index contributed by atoms with van der Waals surface area (Å²) in [6.45, 7) is 5.28. The van der Waals surface area contributed by atoms with Crippen LogP contribution in [0.1, 0.15) is 44.2 Å². The van der Waals surface area contributed by atoms with Crippen molar-refractivity contribution in [1.29, 1.82) is 0 Å². The number of nitrogens with one attached hydrogen (secondary N) is 1. The Kier molecular flexibility index (Phi) is 6.40. The number of methoxy groups -OCH3 is 2. The SMILES string of the molecule is COc1ccc(CC(=O)NC(C)c2nc3ccccc3n2C(C)C(C)=O)cc1OC. The summed E-state index contributed by atoms with van der Waals surface area (Å²) in [4.78, 5) is 29.5. The molecule has 0 aliphatic heterocycles. The minimum absolute atomic E-state index is 0.0308. The molecule has 0 spiro atoms. The summed E-state index contributed by atoms with van der Waals surface area (Å²) >= 11 is 0. The molecule has 1 heterocycles. The number of hydrogen-bond donors (Lipinski definition) is 1. The molecule has 0 radical (unpaired) electrons. The summed E-state index contributed by atoms with van der Waals surface area (Å²) in [5.41, 5.74) is 2.47. The Labute approximate surface area is 176 Å². The summed E-state index contributed by atoms with van der Waals surface area (Å²) < 4.78 is 12.4. The van der Waals surface area contributed by atoms with Gasteiger partial charge < -0.3 is 19.4 Å². The molecule has 0 aliphatic rings. The highest BCUT2D eigenvalue weighted by Crippen LogP contribution is 2.28. The molecule has 0 saturated carbocycles. The van der Waals surface area contributed by atoms with E-state index in [4.69, 9.17) is 9.47 Å². The fourth-order valence-corrected chi connectivity index (χ4v) is 3.49. The van der Waals surface area contributed by atoms with E-state index in [1.165, 1.54) is 0 Å². The Bertz CT molecular complexity index is 1070. The third-order valence-corrected chi connectivity index (χ3v) is 5.18. The van der Waals surface area contributed by atoms with Crippen LogP contribution in [0.25, 0.3) is 11.0 Å². The third-order valence-electron chi connectivity index (χ3n) is 5.18. The van der Waals surface area contributed by atoms with Crippen LogP contribution in [0.4, 0.5) is 0 Å². The van der Waals surface area contributed by atoms with Gasteiger partial charge in [0.2, 0.25) is 5.91 Å². The van der Waals surface area contributed by atoms with Gasteiger partial charge in [0.05, 0.1) is 43.8 Å². The van der Waals surface area contributed by atoms with Gasteiger partial charge in [0.1, 0.15) is 5.82 Å². The molecule has 3 rings (SSSR count). The zero-order chi connectivity index (χ0) is 21.8. The molecule has 158 valence electrons. The lowest BCUT2D eigenvalue weighted by atomic mass is 10.1. The quantitative estimate of drug-likeness (QED) is 0.614. The Balaban J connectivity index is 1.83. The van der Waals surface area contributed by atoms with Crippen LogP contribution in [0.15, 0.2) is 42.5 Å². The van der Waals surface area contributed by atoms with Gasteiger partial charge in [0, 0.05) is 0 Å². The Morgan fingerprint density at radius 3 is 2.43 bits per heavy atom. The highest BCUT2D eigenvalue weighted by atomic mass is 16.5. The van der Waals surface area contributed by atoms with E-state index in [0.717, 1.165) is 16.6 Å². The van der Waals surface area contributed by atoms with Crippen molar-refractivity contribution in [3.05, 3.63) is 53.9 Å². The van der Waals surface area contributed by atoms with Crippen LogP contribution in [0.3, 0.4) is 0 Å². The summed E-state index contributed by atoms with van der Waals surface area (Å²) in [5, 5.41) is 3.00. The molecule has 2 unspecified atom stereocenters. The number of benzene rings is 2. The Morgan fingerprint density at radius 1 is 1.07 bits per heavy atom. The highest BCUT2D eigenvalue weighted by Gasteiger charge is 2.23. The van der Waals surface area contributed by atoms with Crippen LogP contribution >= 0.6 is 0 Å². The summed E-state index contributed by atoms with van der Waals surface area (Å²) in [7, 11) is 3.13. The van der Waals surface area contributed by atoms with E-state index in [9.17, 15) is 9.59 Å². The minimum Gasteiger partial charge on any atom is -0.493 e. The summed E-state index contributed by atoms with van der Waals surface area (Å²) in [6, 6.07) is 12.3. The molecule has 30 heavy (non-hydrogen) atoms. The fraction of sp³-hybridized carbons (Fsp3) is 0.348. The molecular formula is C23H27N3O4. The largest absolute Gasteiger partial charge is 0.493 e. The first-order chi connectivity index (χ1) is 14.3. The first-order valence-corrected chi connectivity index (χ1v) is 9.83. The predicted molar refractivity (Wildman–Crippen MR) is 115 cm³/mol. The second-order valence-electron chi connectivity index (χ2n) is 7.27. The van der Waals surface area contributed by atoms with Gasteiger partial charge in [-0.05, 0) is 50.6 Å². The maximum Gasteiger partial charge on any atom is 0.224 e. The average molecular weight is 409 g/mol. The molecule has 1 N–H and O–H groups in total. The molecule has 0 bridgehead atoms. The van der Waals surface area contributed by atoms with E-state index in [1.54, 1.807) is 33.3 Å². The van der Waals surface area contributed by atoms with Gasteiger partial charge in [-0.1, -0.05) is 18.2 Å². The van der Waals surface area contributed by atoms with Gasteiger partial charge in [0.15, 0.2) is 17.3 Å². The number of carbonyl (C=O) groups excluding carboxylic acids is 2. The van der Waals surface area contributed by atoms with Crippen molar-refractivity contribution in [2.24, 2.45) is 0 Å². The van der Waals surface area contributed by atoms with Crippen molar-refractivity contribution in [3.8, 4) is 11.5 Å². The second-order valence-corrected chi connectivity index (χ2v) is 7.27. The molecular weight excluding hydrogens is 382 g/mol. The highest BCUT2D eigenvalue weighted by molar-refractivity contribution is 5.84. The molecule has 7 heteroatoms. The number of imidazole rings is 1. The Morgan fingerprint density at radius 2 is 1.77 bits per heavy atom. The maximum absolute atomic E-state index is 12.7. The first kappa shape index (κ1) is 21.4. The minimum atomic E-state index is -0.377. The lowest BCUT2D eigenvalue weighted by Gasteiger charge is -2.20. The number of rotatable bonds is 8. The number of para-hydroxylation sites is 2. The molecule has 0 aliphatic carbocycles. The van der Waals surface area contributed by atoms with Crippen LogP contribution in [-0.4, -0.2) is 35.5 Å². The standard InChI is InChI=1S/C23H27N3O4/c1-14(24-22(28)13-17-10-11-20(29-4)21(12-17)30-5)23-25-18-8-6-7-9-19(18)26(23)15(2)16(3)27/h6-12,14-15H,13H2,1-5H3,(H,24,28). The number of ketones is 1. The average Bonchev–Trinajstić information content (AvgIpc) is 3.12. The van der Waals surface area contributed by atoms with Crippen LogP contribution in [-0.2, 0) is 16.0 Å². The van der Waals surface area contributed by atoms with Crippen molar-refractivity contribution in [3.63, 3.8) is 0 Å². The van der Waals surface area contributed by atoms with E-state index >= 15 is 0 Å². The smallest absolute Gasteiger partial charge is 0.224 e. The van der Waals surface area contributed by atoms with Gasteiger partial charge in [-0.15, -0.1) is 0 Å². The number of Topliss-reactive ketones (excluding diaryl/α,β-unsaturated/α-hetero) is 1. The van der Waals surface area contributed by atoms with Gasteiger partial charge in [-0.2, -0.15) is 0 Å². The van der Waals surface area contributed by atoms with Crippen molar-refractivity contribution >= 4 is 22.7 Å². The first-order valence-electron chi connectivity index (χ1n) is 9.83. The number of carbonyl (C=O) groups is 2.